The number of aryl methyl sites for hydroxylation is 1. The molecule has 29 heavy (non-hydrogen) atoms. The summed E-state index contributed by atoms with van der Waals surface area (Å²) in [7, 11) is 0. The number of rotatable bonds is 4. The molecule has 2 heterocycles. The molecule has 3 aromatic rings. The number of hydrogen-bond acceptors (Lipinski definition) is 4. The lowest BCUT2D eigenvalue weighted by Gasteiger charge is -2.37. The number of carbonyl (C=O) groups is 1. The highest BCUT2D eigenvalue weighted by atomic mass is 16.1. The number of anilines is 3. The van der Waals surface area contributed by atoms with E-state index in [1.165, 1.54) is 16.8 Å². The smallest absolute Gasteiger partial charge is 0.257 e. The second kappa shape index (κ2) is 8.35. The van der Waals surface area contributed by atoms with Crippen LogP contribution in [0.15, 0.2) is 66.9 Å². The van der Waals surface area contributed by atoms with Crippen LogP contribution in [0, 0.1) is 13.8 Å². The van der Waals surface area contributed by atoms with Crippen molar-refractivity contribution in [2.75, 3.05) is 41.3 Å². The SMILES string of the molecule is Cc1cccc(N2CCN(c3ccc(C(=O)Nc4ccccc4)cn3)CC2)c1C. The number of nitrogens with one attached hydrogen (secondary N) is 1. The van der Waals surface area contributed by atoms with E-state index in [1.54, 1.807) is 6.20 Å². The van der Waals surface area contributed by atoms with Gasteiger partial charge in [-0.1, -0.05) is 30.3 Å². The summed E-state index contributed by atoms with van der Waals surface area (Å²) in [5, 5.41) is 2.89. The lowest BCUT2D eigenvalue weighted by molar-refractivity contribution is 0.102. The number of carbonyl (C=O) groups excluding carboxylic acids is 1. The Morgan fingerprint density at radius 2 is 1.59 bits per heavy atom. The summed E-state index contributed by atoms with van der Waals surface area (Å²) < 4.78 is 0. The number of nitrogens with zero attached hydrogens (tertiary/aromatic N) is 3. The maximum atomic E-state index is 12.4. The zero-order chi connectivity index (χ0) is 20.2. The first-order chi connectivity index (χ1) is 14.1. The van der Waals surface area contributed by atoms with E-state index in [4.69, 9.17) is 0 Å². The van der Waals surface area contributed by atoms with E-state index in [0.717, 1.165) is 37.7 Å². The van der Waals surface area contributed by atoms with Crippen LogP contribution in [0.3, 0.4) is 0 Å². The first-order valence-electron chi connectivity index (χ1n) is 10.0. The Hall–Kier alpha value is -3.34. The van der Waals surface area contributed by atoms with Gasteiger partial charge in [-0.15, -0.1) is 0 Å². The predicted molar refractivity (Wildman–Crippen MR) is 119 cm³/mol. The summed E-state index contributed by atoms with van der Waals surface area (Å²) in [4.78, 5) is 21.7. The van der Waals surface area contributed by atoms with E-state index in [0.29, 0.717) is 5.56 Å². The van der Waals surface area contributed by atoms with E-state index in [2.05, 4.69) is 52.1 Å². The van der Waals surface area contributed by atoms with Crippen LogP contribution >= 0.6 is 0 Å². The van der Waals surface area contributed by atoms with Gasteiger partial charge in [-0.3, -0.25) is 4.79 Å². The van der Waals surface area contributed by atoms with Gasteiger partial charge in [-0.2, -0.15) is 0 Å². The number of piperazine rings is 1. The maximum absolute atomic E-state index is 12.4. The number of para-hydroxylation sites is 1. The van der Waals surface area contributed by atoms with Crippen molar-refractivity contribution >= 4 is 23.1 Å². The molecule has 1 saturated heterocycles. The Labute approximate surface area is 172 Å². The molecule has 0 radical (unpaired) electrons. The van der Waals surface area contributed by atoms with E-state index >= 15 is 0 Å². The molecule has 0 bridgehead atoms. The fourth-order valence-corrected chi connectivity index (χ4v) is 3.69. The van der Waals surface area contributed by atoms with Crippen molar-refractivity contribution in [3.8, 4) is 0 Å². The van der Waals surface area contributed by atoms with Crippen LogP contribution < -0.4 is 15.1 Å². The summed E-state index contributed by atoms with van der Waals surface area (Å²) >= 11 is 0. The number of hydrogen-bond donors (Lipinski definition) is 1. The van der Waals surface area contributed by atoms with Gasteiger partial charge in [0.25, 0.3) is 5.91 Å². The molecule has 5 heteroatoms. The van der Waals surface area contributed by atoms with E-state index in [1.807, 2.05) is 42.5 Å². The van der Waals surface area contributed by atoms with E-state index in [9.17, 15) is 4.79 Å². The van der Waals surface area contributed by atoms with Crippen molar-refractivity contribution in [1.82, 2.24) is 4.98 Å². The Bertz CT molecular complexity index is 978. The number of pyridine rings is 1. The second-order valence-corrected chi connectivity index (χ2v) is 7.42. The highest BCUT2D eigenvalue weighted by Crippen LogP contribution is 2.25. The van der Waals surface area contributed by atoms with Crippen molar-refractivity contribution in [3.63, 3.8) is 0 Å². The quantitative estimate of drug-likeness (QED) is 0.727. The van der Waals surface area contributed by atoms with Crippen LogP contribution in [0.25, 0.3) is 0 Å². The zero-order valence-electron chi connectivity index (χ0n) is 16.9. The lowest BCUT2D eigenvalue weighted by atomic mass is 10.1. The highest BCUT2D eigenvalue weighted by molar-refractivity contribution is 6.04. The van der Waals surface area contributed by atoms with Gasteiger partial charge in [0.15, 0.2) is 0 Å². The minimum absolute atomic E-state index is 0.144. The Balaban J connectivity index is 1.38. The lowest BCUT2D eigenvalue weighted by Crippen LogP contribution is -2.47. The molecule has 1 aliphatic heterocycles. The molecule has 0 spiro atoms. The van der Waals surface area contributed by atoms with E-state index < -0.39 is 0 Å². The van der Waals surface area contributed by atoms with Gasteiger partial charge in [0, 0.05) is 43.8 Å². The van der Waals surface area contributed by atoms with Gasteiger partial charge in [-0.05, 0) is 55.3 Å². The molecule has 1 aromatic heterocycles. The fraction of sp³-hybridized carbons (Fsp3) is 0.250. The van der Waals surface area contributed by atoms with Crippen LogP contribution in [-0.2, 0) is 0 Å². The van der Waals surface area contributed by atoms with Gasteiger partial charge < -0.3 is 15.1 Å². The molecule has 0 saturated carbocycles. The van der Waals surface area contributed by atoms with Crippen molar-refractivity contribution in [2.45, 2.75) is 13.8 Å². The van der Waals surface area contributed by atoms with Crippen LogP contribution in [0.1, 0.15) is 21.5 Å². The molecule has 1 amide bonds. The number of benzene rings is 2. The summed E-state index contributed by atoms with van der Waals surface area (Å²) in [5.74, 6) is 0.775. The summed E-state index contributed by atoms with van der Waals surface area (Å²) in [5.41, 5.74) is 5.35. The Morgan fingerprint density at radius 3 is 2.28 bits per heavy atom. The largest absolute Gasteiger partial charge is 0.368 e. The second-order valence-electron chi connectivity index (χ2n) is 7.42. The molecule has 0 aliphatic carbocycles. The van der Waals surface area contributed by atoms with Crippen molar-refractivity contribution in [1.29, 1.82) is 0 Å². The van der Waals surface area contributed by atoms with Gasteiger partial charge >= 0.3 is 0 Å². The maximum Gasteiger partial charge on any atom is 0.257 e. The monoisotopic (exact) mass is 386 g/mol. The van der Waals surface area contributed by atoms with Crippen LogP contribution in [0.4, 0.5) is 17.2 Å². The molecule has 148 valence electrons. The minimum Gasteiger partial charge on any atom is -0.368 e. The molecule has 1 N–H and O–H groups in total. The van der Waals surface area contributed by atoms with Crippen molar-refractivity contribution in [3.05, 3.63) is 83.6 Å². The van der Waals surface area contributed by atoms with Gasteiger partial charge in [-0.25, -0.2) is 4.98 Å². The van der Waals surface area contributed by atoms with Crippen LogP contribution in [0.2, 0.25) is 0 Å². The minimum atomic E-state index is -0.144. The highest BCUT2D eigenvalue weighted by Gasteiger charge is 2.20. The van der Waals surface area contributed by atoms with Gasteiger partial charge in [0.05, 0.1) is 5.56 Å². The average Bonchev–Trinajstić information content (AvgIpc) is 2.77. The standard InChI is InChI=1S/C24H26N4O/c1-18-7-6-10-22(19(18)2)27-13-15-28(16-14-27)23-12-11-20(17-25-23)24(29)26-21-8-4-3-5-9-21/h3-12,17H,13-16H2,1-2H3,(H,26,29). The molecular formula is C24H26N4O. The predicted octanol–water partition coefficient (Wildman–Crippen LogP) is 4.28. The first-order valence-corrected chi connectivity index (χ1v) is 10.0. The molecule has 5 nitrogen and oxygen atoms in total. The van der Waals surface area contributed by atoms with Crippen molar-refractivity contribution in [2.24, 2.45) is 0 Å². The average molecular weight is 386 g/mol. The summed E-state index contributed by atoms with van der Waals surface area (Å²) in [6.45, 7) is 8.10. The van der Waals surface area contributed by atoms with Crippen LogP contribution in [0.5, 0.6) is 0 Å². The fourth-order valence-electron chi connectivity index (χ4n) is 3.69. The van der Waals surface area contributed by atoms with E-state index in [-0.39, 0.29) is 5.91 Å². The topological polar surface area (TPSA) is 48.5 Å². The molecular weight excluding hydrogens is 360 g/mol. The first kappa shape index (κ1) is 19.0. The third kappa shape index (κ3) is 4.24. The Kier molecular flexibility index (Phi) is 5.47. The molecule has 4 rings (SSSR count). The zero-order valence-corrected chi connectivity index (χ0v) is 16.9. The van der Waals surface area contributed by atoms with Gasteiger partial charge in [0.1, 0.15) is 5.82 Å². The normalized spacial score (nSPS) is 14.0. The molecule has 1 aliphatic rings. The number of aromatic nitrogens is 1. The van der Waals surface area contributed by atoms with Gasteiger partial charge in [0.2, 0.25) is 0 Å². The molecule has 1 fully saturated rings. The van der Waals surface area contributed by atoms with Crippen molar-refractivity contribution < 1.29 is 4.79 Å². The third-order valence-corrected chi connectivity index (χ3v) is 5.56. The summed E-state index contributed by atoms with van der Waals surface area (Å²) in [6, 6.07) is 19.7. The van der Waals surface area contributed by atoms with Crippen LogP contribution in [-0.4, -0.2) is 37.1 Å². The molecule has 0 unspecified atom stereocenters. The third-order valence-electron chi connectivity index (χ3n) is 5.56. The summed E-state index contributed by atoms with van der Waals surface area (Å²) in [6.07, 6.45) is 1.66. The molecule has 2 aromatic carbocycles. The number of amides is 1. The molecule has 0 atom stereocenters. The Morgan fingerprint density at radius 1 is 0.862 bits per heavy atom.